The molecule has 1 rings (SSSR count). The number of ether oxygens (including phenoxy) is 1. The van der Waals surface area contributed by atoms with E-state index >= 15 is 0 Å². The number of rotatable bonds is 9. The average Bonchev–Trinajstić information content (AvgIpc) is 2.58. The van der Waals surface area contributed by atoms with Gasteiger partial charge in [-0.1, -0.05) is 25.4 Å². The zero-order valence-corrected chi connectivity index (χ0v) is 16.2. The zero-order valence-electron chi connectivity index (χ0n) is 15.4. The molecule has 0 unspecified atom stereocenters. The van der Waals surface area contributed by atoms with Gasteiger partial charge in [0, 0.05) is 18.7 Å². The van der Waals surface area contributed by atoms with Gasteiger partial charge in [-0.3, -0.25) is 0 Å². The first-order valence-corrected chi connectivity index (χ1v) is 8.85. The topological polar surface area (TPSA) is 32.7 Å². The highest BCUT2D eigenvalue weighted by Crippen LogP contribution is 2.37. The molecule has 146 valence electrons. The van der Waals surface area contributed by atoms with E-state index in [-0.39, 0.29) is 11.6 Å². The molecule has 7 heteroatoms. The summed E-state index contributed by atoms with van der Waals surface area (Å²) in [5.74, 6) is -3.11. The maximum Gasteiger partial charge on any atom is 0.302 e. The van der Waals surface area contributed by atoms with Crippen LogP contribution in [0.5, 0.6) is 5.75 Å². The quantitative estimate of drug-likeness (QED) is 0.620. The highest BCUT2D eigenvalue weighted by atomic mass is 35.5. The van der Waals surface area contributed by atoms with Crippen molar-refractivity contribution in [3.63, 3.8) is 0 Å². The van der Waals surface area contributed by atoms with Crippen molar-refractivity contribution in [1.82, 2.24) is 4.90 Å². The van der Waals surface area contributed by atoms with Gasteiger partial charge in [0.15, 0.2) is 6.67 Å². The molecule has 0 fully saturated rings. The molecule has 0 aliphatic heterocycles. The molecule has 0 aliphatic rings. The van der Waals surface area contributed by atoms with Crippen LogP contribution in [0.4, 0.5) is 13.2 Å². The first-order valence-electron chi connectivity index (χ1n) is 8.47. The van der Waals surface area contributed by atoms with E-state index in [1.54, 1.807) is 13.8 Å². The van der Waals surface area contributed by atoms with Crippen LogP contribution in [0.25, 0.3) is 0 Å². The molecule has 3 nitrogen and oxygen atoms in total. The Labute approximate surface area is 153 Å². The molecule has 25 heavy (non-hydrogen) atoms. The Bertz CT molecular complexity index is 497. The van der Waals surface area contributed by atoms with Crippen molar-refractivity contribution >= 4 is 11.6 Å². The number of aryl methyl sites for hydroxylation is 1. The fourth-order valence-corrected chi connectivity index (χ4v) is 2.47. The molecule has 0 amide bonds. The van der Waals surface area contributed by atoms with Crippen LogP contribution >= 0.6 is 11.6 Å². The molecule has 0 atom stereocenters. The Kier molecular flexibility index (Phi) is 11.9. The smallest absolute Gasteiger partial charge is 0.302 e. The van der Waals surface area contributed by atoms with E-state index in [2.05, 4.69) is 18.7 Å². The van der Waals surface area contributed by atoms with Crippen molar-refractivity contribution in [2.24, 2.45) is 0 Å². The van der Waals surface area contributed by atoms with Crippen LogP contribution in [0.15, 0.2) is 12.1 Å². The van der Waals surface area contributed by atoms with E-state index in [0.717, 1.165) is 26.1 Å². The number of alkyl halides is 3. The summed E-state index contributed by atoms with van der Waals surface area (Å²) in [5.41, 5.74) is 0.0278. The van der Waals surface area contributed by atoms with E-state index in [0.29, 0.717) is 17.9 Å². The second-order valence-corrected chi connectivity index (χ2v) is 5.89. The number of aliphatic hydroxyl groups excluding tert-OH is 1. The van der Waals surface area contributed by atoms with Gasteiger partial charge >= 0.3 is 5.92 Å². The standard InChI is InChI=1S/C16H23ClF3NO.C2H6O/c1-4-21(5-2)7-6-8-22-15-10-14(17)13(9-12(15)3)16(19,20)11-18;1-2-3/h9-10H,4-8,11H2,1-3H3;3H,2H2,1H3. The van der Waals surface area contributed by atoms with Crippen LogP contribution in [0.1, 0.15) is 38.3 Å². The molecule has 1 aromatic carbocycles. The maximum atomic E-state index is 13.4. The molecular weight excluding hydrogens is 355 g/mol. The van der Waals surface area contributed by atoms with Gasteiger partial charge in [0.2, 0.25) is 0 Å². The van der Waals surface area contributed by atoms with Gasteiger partial charge in [-0.05, 0) is 51.1 Å². The first kappa shape index (κ1) is 24.0. The van der Waals surface area contributed by atoms with Gasteiger partial charge in [-0.25, -0.2) is 4.39 Å². The lowest BCUT2D eigenvalue weighted by Gasteiger charge is -2.19. The fourth-order valence-electron chi connectivity index (χ4n) is 2.18. The van der Waals surface area contributed by atoms with Crippen LogP contribution in [0, 0.1) is 6.92 Å². The number of halogens is 4. The second kappa shape index (κ2) is 12.4. The van der Waals surface area contributed by atoms with E-state index in [9.17, 15) is 13.2 Å². The summed E-state index contributed by atoms with van der Waals surface area (Å²) >= 11 is 5.84. The number of nitrogens with zero attached hydrogens (tertiary/aromatic N) is 1. The Hall–Kier alpha value is -0.980. The van der Waals surface area contributed by atoms with Gasteiger partial charge in [-0.2, -0.15) is 8.78 Å². The second-order valence-electron chi connectivity index (χ2n) is 5.48. The van der Waals surface area contributed by atoms with Gasteiger partial charge in [-0.15, -0.1) is 0 Å². The summed E-state index contributed by atoms with van der Waals surface area (Å²) in [4.78, 5) is 2.27. The summed E-state index contributed by atoms with van der Waals surface area (Å²) in [6, 6.07) is 2.54. The molecule has 0 aliphatic carbocycles. The lowest BCUT2D eigenvalue weighted by atomic mass is 10.1. The predicted molar refractivity (Wildman–Crippen MR) is 96.7 cm³/mol. The van der Waals surface area contributed by atoms with Gasteiger partial charge < -0.3 is 14.7 Å². The monoisotopic (exact) mass is 383 g/mol. The van der Waals surface area contributed by atoms with Crippen molar-refractivity contribution in [3.8, 4) is 5.75 Å². The molecule has 0 heterocycles. The minimum atomic E-state index is -3.57. The fraction of sp³-hybridized carbons (Fsp3) is 0.667. The van der Waals surface area contributed by atoms with E-state index < -0.39 is 18.2 Å². The maximum absolute atomic E-state index is 13.4. The van der Waals surface area contributed by atoms with Crippen molar-refractivity contribution in [2.75, 3.05) is 39.5 Å². The molecule has 1 N–H and O–H groups in total. The molecule has 0 bridgehead atoms. The number of hydrogen-bond donors (Lipinski definition) is 1. The molecule has 0 radical (unpaired) electrons. The van der Waals surface area contributed by atoms with E-state index in [4.69, 9.17) is 21.4 Å². The third kappa shape index (κ3) is 8.29. The average molecular weight is 384 g/mol. The highest BCUT2D eigenvalue weighted by molar-refractivity contribution is 6.31. The van der Waals surface area contributed by atoms with Crippen LogP contribution < -0.4 is 4.74 Å². The Balaban J connectivity index is 0.00000178. The highest BCUT2D eigenvalue weighted by Gasteiger charge is 2.34. The van der Waals surface area contributed by atoms with Crippen LogP contribution in [0.3, 0.4) is 0 Å². The molecule has 1 aromatic rings. The first-order chi connectivity index (χ1) is 11.8. The van der Waals surface area contributed by atoms with Crippen molar-refractivity contribution < 1.29 is 23.0 Å². The van der Waals surface area contributed by atoms with Crippen molar-refractivity contribution in [3.05, 3.63) is 28.3 Å². The minimum absolute atomic E-state index is 0.174. The SMILES string of the molecule is CCN(CC)CCCOc1cc(Cl)c(C(F)(F)CF)cc1C.CCO. The van der Waals surface area contributed by atoms with Crippen LogP contribution in [-0.2, 0) is 5.92 Å². The summed E-state index contributed by atoms with van der Waals surface area (Å²) in [6.45, 7) is 9.35. The zero-order chi connectivity index (χ0) is 19.5. The van der Waals surface area contributed by atoms with Crippen molar-refractivity contribution in [1.29, 1.82) is 0 Å². The molecule has 0 saturated heterocycles. The Morgan fingerprint density at radius 3 is 2.24 bits per heavy atom. The van der Waals surface area contributed by atoms with Gasteiger partial charge in [0.1, 0.15) is 5.75 Å². The molecule has 0 saturated carbocycles. The van der Waals surface area contributed by atoms with Gasteiger partial charge in [0.25, 0.3) is 0 Å². The largest absolute Gasteiger partial charge is 0.493 e. The van der Waals surface area contributed by atoms with Gasteiger partial charge in [0.05, 0.1) is 11.6 Å². The lowest BCUT2D eigenvalue weighted by Crippen LogP contribution is -2.25. The van der Waals surface area contributed by atoms with E-state index in [1.165, 1.54) is 12.1 Å². The third-order valence-electron chi connectivity index (χ3n) is 3.60. The summed E-state index contributed by atoms with van der Waals surface area (Å²) in [6.07, 6.45) is 0.834. The normalized spacial score (nSPS) is 11.3. The Morgan fingerprint density at radius 2 is 1.76 bits per heavy atom. The Morgan fingerprint density at radius 1 is 1.20 bits per heavy atom. The summed E-state index contributed by atoms with van der Waals surface area (Å²) < 4.78 is 44.9. The molecular formula is C18H29ClF3NO2. The molecule has 0 spiro atoms. The van der Waals surface area contributed by atoms with E-state index in [1.807, 2.05) is 0 Å². The van der Waals surface area contributed by atoms with Crippen LogP contribution in [-0.4, -0.2) is 49.5 Å². The summed E-state index contributed by atoms with van der Waals surface area (Å²) in [7, 11) is 0. The van der Waals surface area contributed by atoms with Crippen LogP contribution in [0.2, 0.25) is 5.02 Å². The summed E-state index contributed by atoms with van der Waals surface area (Å²) in [5, 5.41) is 7.40. The number of hydrogen-bond acceptors (Lipinski definition) is 3. The third-order valence-corrected chi connectivity index (χ3v) is 3.91. The number of benzene rings is 1. The molecule has 0 aromatic heterocycles. The minimum Gasteiger partial charge on any atom is -0.493 e. The number of aliphatic hydroxyl groups is 1. The lowest BCUT2D eigenvalue weighted by molar-refractivity contribution is -0.0280. The predicted octanol–water partition coefficient (Wildman–Crippen LogP) is 4.82. The van der Waals surface area contributed by atoms with Crippen molar-refractivity contribution in [2.45, 2.75) is 40.0 Å².